The van der Waals surface area contributed by atoms with Gasteiger partial charge in [0.1, 0.15) is 5.82 Å². The Morgan fingerprint density at radius 2 is 2.27 bits per heavy atom. The number of amides is 1. The minimum Gasteiger partial charge on any atom is -0.337 e. The smallest absolute Gasteiger partial charge is 0.257 e. The van der Waals surface area contributed by atoms with E-state index in [1.165, 1.54) is 0 Å². The topological polar surface area (TPSA) is 56.0 Å². The van der Waals surface area contributed by atoms with Crippen LogP contribution in [0.3, 0.4) is 0 Å². The highest BCUT2D eigenvalue weighted by Crippen LogP contribution is 2.20. The standard InChI is InChI=1S/C16H23N5O/c1-3-8-20(12-15-17-7-10-19(15)2)16(22)13-11-18-21-9-5-4-6-14(13)21/h7,10-11H,3-6,8-9,12H2,1-2H3. The van der Waals surface area contributed by atoms with Crippen LogP contribution in [0.1, 0.15) is 48.1 Å². The van der Waals surface area contributed by atoms with Crippen LogP contribution in [0.5, 0.6) is 0 Å². The van der Waals surface area contributed by atoms with Gasteiger partial charge in [-0.2, -0.15) is 5.10 Å². The van der Waals surface area contributed by atoms with Gasteiger partial charge in [0.2, 0.25) is 0 Å². The van der Waals surface area contributed by atoms with E-state index in [-0.39, 0.29) is 5.91 Å². The number of aryl methyl sites for hydroxylation is 2. The predicted octanol–water partition coefficient (Wildman–Crippen LogP) is 2.01. The molecule has 0 saturated heterocycles. The van der Waals surface area contributed by atoms with Crippen molar-refractivity contribution in [1.82, 2.24) is 24.2 Å². The Hall–Kier alpha value is -2.11. The van der Waals surface area contributed by atoms with Crippen molar-refractivity contribution >= 4 is 5.91 Å². The Kier molecular flexibility index (Phi) is 4.27. The number of carbonyl (C=O) groups excluding carboxylic acids is 1. The van der Waals surface area contributed by atoms with Gasteiger partial charge in [-0.3, -0.25) is 9.48 Å². The Morgan fingerprint density at radius 1 is 1.41 bits per heavy atom. The van der Waals surface area contributed by atoms with Crippen molar-refractivity contribution in [3.63, 3.8) is 0 Å². The molecule has 0 fully saturated rings. The third-order valence-electron chi connectivity index (χ3n) is 4.25. The lowest BCUT2D eigenvalue weighted by Crippen LogP contribution is -2.33. The summed E-state index contributed by atoms with van der Waals surface area (Å²) >= 11 is 0. The number of hydrogen-bond donors (Lipinski definition) is 0. The summed E-state index contributed by atoms with van der Waals surface area (Å²) in [6.07, 6.45) is 9.58. The van der Waals surface area contributed by atoms with Gasteiger partial charge in [-0.25, -0.2) is 4.98 Å². The summed E-state index contributed by atoms with van der Waals surface area (Å²) in [6, 6.07) is 0. The number of carbonyl (C=O) groups is 1. The molecule has 1 aliphatic rings. The van der Waals surface area contributed by atoms with Crippen molar-refractivity contribution < 1.29 is 4.79 Å². The van der Waals surface area contributed by atoms with Crippen LogP contribution in [0.15, 0.2) is 18.6 Å². The van der Waals surface area contributed by atoms with Gasteiger partial charge in [-0.1, -0.05) is 6.92 Å². The molecule has 22 heavy (non-hydrogen) atoms. The number of nitrogens with zero attached hydrogens (tertiary/aromatic N) is 5. The molecule has 3 heterocycles. The molecule has 1 amide bonds. The first-order valence-electron chi connectivity index (χ1n) is 8.01. The molecule has 0 saturated carbocycles. The van der Waals surface area contributed by atoms with E-state index in [2.05, 4.69) is 17.0 Å². The summed E-state index contributed by atoms with van der Waals surface area (Å²) in [4.78, 5) is 19.2. The number of imidazole rings is 1. The fourth-order valence-electron chi connectivity index (χ4n) is 3.01. The molecule has 2 aromatic rings. The van der Waals surface area contributed by atoms with Crippen molar-refractivity contribution in [3.8, 4) is 0 Å². The van der Waals surface area contributed by atoms with Crippen molar-refractivity contribution in [3.05, 3.63) is 35.7 Å². The van der Waals surface area contributed by atoms with Gasteiger partial charge in [0, 0.05) is 32.5 Å². The molecule has 0 radical (unpaired) electrons. The van der Waals surface area contributed by atoms with Crippen LogP contribution in [0, 0.1) is 0 Å². The zero-order chi connectivity index (χ0) is 15.5. The molecular formula is C16H23N5O. The largest absolute Gasteiger partial charge is 0.337 e. The van der Waals surface area contributed by atoms with Gasteiger partial charge in [-0.05, 0) is 25.7 Å². The number of rotatable bonds is 5. The molecule has 0 N–H and O–H groups in total. The summed E-state index contributed by atoms with van der Waals surface area (Å²) in [6.45, 7) is 4.29. The molecule has 6 heteroatoms. The molecule has 0 atom stereocenters. The molecule has 0 aliphatic carbocycles. The second-order valence-electron chi connectivity index (χ2n) is 5.87. The molecule has 3 rings (SSSR count). The lowest BCUT2D eigenvalue weighted by molar-refractivity contribution is 0.0736. The number of fused-ring (bicyclic) bond motifs is 1. The molecule has 0 aromatic carbocycles. The van der Waals surface area contributed by atoms with Crippen LogP contribution in [0.4, 0.5) is 0 Å². The molecule has 2 aromatic heterocycles. The van der Waals surface area contributed by atoms with E-state index >= 15 is 0 Å². The molecule has 118 valence electrons. The highest BCUT2D eigenvalue weighted by molar-refractivity contribution is 5.95. The average Bonchev–Trinajstić information content (AvgIpc) is 3.13. The Labute approximate surface area is 130 Å². The van der Waals surface area contributed by atoms with E-state index in [1.54, 1.807) is 12.4 Å². The SMILES string of the molecule is CCCN(Cc1nccn1C)C(=O)c1cnn2c1CCCC2. The minimum absolute atomic E-state index is 0.0769. The third kappa shape index (κ3) is 2.77. The monoisotopic (exact) mass is 301 g/mol. The summed E-state index contributed by atoms with van der Waals surface area (Å²) in [5.74, 6) is 0.982. The van der Waals surface area contributed by atoms with E-state index in [9.17, 15) is 4.79 Å². The number of aromatic nitrogens is 4. The van der Waals surface area contributed by atoms with E-state index in [0.717, 1.165) is 55.9 Å². The maximum Gasteiger partial charge on any atom is 0.257 e. The van der Waals surface area contributed by atoms with E-state index in [0.29, 0.717) is 6.54 Å². The van der Waals surface area contributed by atoms with Crippen molar-refractivity contribution in [2.75, 3.05) is 6.54 Å². The second kappa shape index (κ2) is 6.34. The number of hydrogen-bond acceptors (Lipinski definition) is 3. The molecular weight excluding hydrogens is 278 g/mol. The van der Waals surface area contributed by atoms with E-state index < -0.39 is 0 Å². The van der Waals surface area contributed by atoms with Crippen molar-refractivity contribution in [2.24, 2.45) is 7.05 Å². The normalized spacial score (nSPS) is 13.9. The fraction of sp³-hybridized carbons (Fsp3) is 0.562. The Balaban J connectivity index is 1.83. The van der Waals surface area contributed by atoms with E-state index in [4.69, 9.17) is 0 Å². The van der Waals surface area contributed by atoms with Gasteiger partial charge in [0.15, 0.2) is 0 Å². The summed E-state index contributed by atoms with van der Waals surface area (Å²) in [5, 5.41) is 4.38. The quantitative estimate of drug-likeness (QED) is 0.849. The lowest BCUT2D eigenvalue weighted by Gasteiger charge is -2.23. The lowest BCUT2D eigenvalue weighted by atomic mass is 10.1. The second-order valence-corrected chi connectivity index (χ2v) is 5.87. The highest BCUT2D eigenvalue weighted by Gasteiger charge is 2.24. The summed E-state index contributed by atoms with van der Waals surface area (Å²) < 4.78 is 3.95. The minimum atomic E-state index is 0.0769. The first-order valence-corrected chi connectivity index (χ1v) is 8.01. The van der Waals surface area contributed by atoms with Crippen LogP contribution in [-0.2, 0) is 26.6 Å². The zero-order valence-corrected chi connectivity index (χ0v) is 13.3. The third-order valence-corrected chi connectivity index (χ3v) is 4.25. The van der Waals surface area contributed by atoms with Gasteiger partial charge < -0.3 is 9.47 Å². The first-order chi connectivity index (χ1) is 10.7. The van der Waals surface area contributed by atoms with Crippen LogP contribution >= 0.6 is 0 Å². The maximum absolute atomic E-state index is 12.9. The molecule has 0 unspecified atom stereocenters. The fourth-order valence-corrected chi connectivity index (χ4v) is 3.01. The predicted molar refractivity (Wildman–Crippen MR) is 83.4 cm³/mol. The van der Waals surface area contributed by atoms with Crippen molar-refractivity contribution in [1.29, 1.82) is 0 Å². The van der Waals surface area contributed by atoms with Gasteiger partial charge in [-0.15, -0.1) is 0 Å². The molecule has 6 nitrogen and oxygen atoms in total. The van der Waals surface area contributed by atoms with Crippen LogP contribution in [-0.4, -0.2) is 36.7 Å². The molecule has 1 aliphatic heterocycles. The summed E-state index contributed by atoms with van der Waals surface area (Å²) in [5.41, 5.74) is 1.86. The Morgan fingerprint density at radius 3 is 3.00 bits per heavy atom. The molecule has 0 spiro atoms. The Bertz CT molecular complexity index is 657. The first kappa shape index (κ1) is 14.8. The highest BCUT2D eigenvalue weighted by atomic mass is 16.2. The van der Waals surface area contributed by atoms with Gasteiger partial charge in [0.05, 0.1) is 24.0 Å². The maximum atomic E-state index is 12.9. The summed E-state index contributed by atoms with van der Waals surface area (Å²) in [7, 11) is 1.96. The van der Waals surface area contributed by atoms with Crippen molar-refractivity contribution in [2.45, 2.75) is 45.7 Å². The van der Waals surface area contributed by atoms with Crippen LogP contribution in [0.25, 0.3) is 0 Å². The van der Waals surface area contributed by atoms with Crippen LogP contribution in [0.2, 0.25) is 0 Å². The van der Waals surface area contributed by atoms with Crippen LogP contribution < -0.4 is 0 Å². The molecule has 0 bridgehead atoms. The zero-order valence-electron chi connectivity index (χ0n) is 13.3. The van der Waals surface area contributed by atoms with E-state index in [1.807, 2.05) is 27.4 Å². The van der Waals surface area contributed by atoms with Gasteiger partial charge in [0.25, 0.3) is 5.91 Å². The van der Waals surface area contributed by atoms with Gasteiger partial charge >= 0.3 is 0 Å². The average molecular weight is 301 g/mol.